The number of rotatable bonds is 18. The minimum atomic E-state index is -1.000. The summed E-state index contributed by atoms with van der Waals surface area (Å²) >= 11 is 0. The minimum Gasteiger partial charge on any atom is -0.467 e. The molecular weight excluding hydrogens is 631 g/mol. The second kappa shape index (κ2) is 20.1. The molecule has 0 fully saturated rings. The van der Waals surface area contributed by atoms with E-state index >= 15 is 0 Å². The van der Waals surface area contributed by atoms with Crippen LogP contribution in [0.3, 0.4) is 0 Å². The Morgan fingerprint density at radius 2 is 1.31 bits per heavy atom. The maximum Gasteiger partial charge on any atom is 0.407 e. The van der Waals surface area contributed by atoms with Gasteiger partial charge >= 0.3 is 12.1 Å². The molecule has 2 aromatic carbocycles. The van der Waals surface area contributed by atoms with Crippen LogP contribution in [0.4, 0.5) is 9.18 Å². The minimum absolute atomic E-state index is 0.00412. The van der Waals surface area contributed by atoms with E-state index < -0.39 is 53.5 Å². The van der Waals surface area contributed by atoms with Crippen molar-refractivity contribution in [3.8, 4) is 0 Å². The van der Waals surface area contributed by atoms with E-state index in [-0.39, 0.29) is 36.9 Å². The zero-order chi connectivity index (χ0) is 36.6. The van der Waals surface area contributed by atoms with Crippen LogP contribution in [0.5, 0.6) is 0 Å². The van der Waals surface area contributed by atoms with E-state index in [0.29, 0.717) is 25.8 Å². The molecule has 0 spiro atoms. The zero-order valence-electron chi connectivity index (χ0n) is 29.8. The highest BCUT2D eigenvalue weighted by Crippen LogP contribution is 2.13. The summed E-state index contributed by atoms with van der Waals surface area (Å²) in [5.41, 5.74) is 0.968. The molecule has 4 atom stereocenters. The van der Waals surface area contributed by atoms with Gasteiger partial charge in [-0.25, -0.2) is 14.0 Å². The molecule has 49 heavy (non-hydrogen) atoms. The van der Waals surface area contributed by atoms with E-state index in [9.17, 15) is 28.4 Å². The van der Waals surface area contributed by atoms with Crippen molar-refractivity contribution < 1.29 is 37.8 Å². The van der Waals surface area contributed by atoms with E-state index in [2.05, 4.69) is 21.3 Å². The number of methoxy groups -OCH3 is 1. The monoisotopic (exact) mass is 684 g/mol. The lowest BCUT2D eigenvalue weighted by molar-refractivity contribution is -0.145. The standard InChI is InChI=1S/C37H53FN4O7/c1-24(2)21-30(33(44)40-29(35(46)48-7)15-11-12-20-39-36(47)49-37(4,5)6)42-34(45)31(23-26-13-9-8-10-14-26)41-32(43)25(3)22-27-16-18-28(38)19-17-27/h8-10,13-14,16-19,24-25,29-31H,11-12,15,20-23H2,1-7H3,(H,39,47)(H,40,44)(H,41,43)(H,42,45)/t25-,29-,30-,31-/m1/s1. The van der Waals surface area contributed by atoms with Crippen LogP contribution in [-0.4, -0.2) is 67.2 Å². The smallest absolute Gasteiger partial charge is 0.407 e. The van der Waals surface area contributed by atoms with Crippen LogP contribution in [0.15, 0.2) is 54.6 Å². The predicted octanol–water partition coefficient (Wildman–Crippen LogP) is 4.62. The van der Waals surface area contributed by atoms with Crippen LogP contribution in [0.25, 0.3) is 0 Å². The molecule has 0 saturated carbocycles. The van der Waals surface area contributed by atoms with Crippen molar-refractivity contribution in [3.63, 3.8) is 0 Å². The third-order valence-electron chi connectivity index (χ3n) is 7.55. The molecule has 2 aromatic rings. The summed E-state index contributed by atoms with van der Waals surface area (Å²) in [6.07, 6.45) is 1.51. The maximum atomic E-state index is 13.8. The van der Waals surface area contributed by atoms with E-state index in [1.807, 2.05) is 44.2 Å². The number of benzene rings is 2. The molecule has 12 heteroatoms. The quantitative estimate of drug-likeness (QED) is 0.132. The van der Waals surface area contributed by atoms with E-state index in [4.69, 9.17) is 9.47 Å². The Hall–Kier alpha value is -4.48. The first kappa shape index (κ1) is 40.7. The SMILES string of the molecule is COC(=O)[C@@H](CCCCNC(=O)OC(C)(C)C)NC(=O)[C@@H](CC(C)C)NC(=O)[C@@H](Cc1ccccc1)NC(=O)[C@H](C)Cc1ccc(F)cc1. The molecule has 0 bridgehead atoms. The number of alkyl carbamates (subject to hydrolysis) is 1. The number of nitrogens with one attached hydrogen (secondary N) is 4. The summed E-state index contributed by atoms with van der Waals surface area (Å²) in [5, 5.41) is 11.1. The molecule has 0 radical (unpaired) electrons. The molecule has 0 aromatic heterocycles. The van der Waals surface area contributed by atoms with Crippen LogP contribution in [0, 0.1) is 17.7 Å². The van der Waals surface area contributed by atoms with Gasteiger partial charge in [0, 0.05) is 18.9 Å². The van der Waals surface area contributed by atoms with Crippen LogP contribution in [-0.2, 0) is 41.5 Å². The molecule has 4 N–H and O–H groups in total. The molecular formula is C37H53FN4O7. The second-order valence-corrected chi connectivity index (χ2v) is 13.7. The summed E-state index contributed by atoms with van der Waals surface area (Å²) in [6.45, 7) is 11.2. The normalized spacial score (nSPS) is 13.7. The molecule has 2 rings (SSSR count). The van der Waals surface area contributed by atoms with Crippen molar-refractivity contribution in [1.29, 1.82) is 0 Å². The summed E-state index contributed by atoms with van der Waals surface area (Å²) < 4.78 is 23.5. The second-order valence-electron chi connectivity index (χ2n) is 13.7. The fourth-order valence-electron chi connectivity index (χ4n) is 5.06. The number of unbranched alkanes of at least 4 members (excludes halogenated alkanes) is 1. The topological polar surface area (TPSA) is 152 Å². The van der Waals surface area contributed by atoms with Gasteiger partial charge in [0.15, 0.2) is 0 Å². The largest absolute Gasteiger partial charge is 0.467 e. The van der Waals surface area contributed by atoms with Gasteiger partial charge in [-0.15, -0.1) is 0 Å². The molecule has 0 heterocycles. The van der Waals surface area contributed by atoms with Gasteiger partial charge < -0.3 is 30.7 Å². The molecule has 0 aliphatic rings. The number of carbonyl (C=O) groups is 5. The van der Waals surface area contributed by atoms with E-state index in [0.717, 1.165) is 11.1 Å². The Morgan fingerprint density at radius 3 is 1.90 bits per heavy atom. The Balaban J connectivity index is 2.12. The van der Waals surface area contributed by atoms with Gasteiger partial charge in [0.1, 0.15) is 29.5 Å². The van der Waals surface area contributed by atoms with E-state index in [1.165, 1.54) is 19.2 Å². The lowest BCUT2D eigenvalue weighted by Gasteiger charge is -2.26. The highest BCUT2D eigenvalue weighted by atomic mass is 19.1. The first-order valence-corrected chi connectivity index (χ1v) is 16.8. The number of hydrogen-bond donors (Lipinski definition) is 4. The number of esters is 1. The summed E-state index contributed by atoms with van der Waals surface area (Å²) in [6, 6.07) is 12.1. The van der Waals surface area contributed by atoms with Crippen molar-refractivity contribution in [2.24, 2.45) is 11.8 Å². The molecule has 11 nitrogen and oxygen atoms in total. The Labute approximate surface area is 289 Å². The molecule has 270 valence electrons. The first-order valence-electron chi connectivity index (χ1n) is 16.8. The fraction of sp³-hybridized carbons (Fsp3) is 0.541. The van der Waals surface area contributed by atoms with Crippen molar-refractivity contribution >= 4 is 29.8 Å². The summed E-state index contributed by atoms with van der Waals surface area (Å²) in [5.74, 6) is -2.99. The van der Waals surface area contributed by atoms with E-state index in [1.54, 1.807) is 39.8 Å². The number of carbonyl (C=O) groups excluding carboxylic acids is 5. The van der Waals surface area contributed by atoms with Crippen LogP contribution < -0.4 is 21.3 Å². The van der Waals surface area contributed by atoms with Gasteiger partial charge in [0.05, 0.1) is 7.11 Å². The average Bonchev–Trinajstić information content (AvgIpc) is 3.03. The van der Waals surface area contributed by atoms with Gasteiger partial charge in [0.25, 0.3) is 0 Å². The van der Waals surface area contributed by atoms with Crippen molar-refractivity contribution in [1.82, 2.24) is 21.3 Å². The van der Waals surface area contributed by atoms with Crippen molar-refractivity contribution in [2.75, 3.05) is 13.7 Å². The van der Waals surface area contributed by atoms with Gasteiger partial charge in [-0.1, -0.05) is 63.2 Å². The van der Waals surface area contributed by atoms with Crippen LogP contribution in [0.2, 0.25) is 0 Å². The average molecular weight is 685 g/mol. The molecule has 0 aliphatic heterocycles. The van der Waals surface area contributed by atoms with Gasteiger partial charge in [-0.3, -0.25) is 14.4 Å². The third-order valence-corrected chi connectivity index (χ3v) is 7.55. The lowest BCUT2D eigenvalue weighted by atomic mass is 9.98. The van der Waals surface area contributed by atoms with Gasteiger partial charge in [-0.05, 0) is 82.1 Å². The fourth-order valence-corrected chi connectivity index (χ4v) is 5.06. The molecule has 0 unspecified atom stereocenters. The zero-order valence-corrected chi connectivity index (χ0v) is 29.8. The molecule has 0 saturated heterocycles. The summed E-state index contributed by atoms with van der Waals surface area (Å²) in [7, 11) is 1.23. The maximum absolute atomic E-state index is 13.8. The Morgan fingerprint density at radius 1 is 0.735 bits per heavy atom. The lowest BCUT2D eigenvalue weighted by Crippen LogP contribution is -2.57. The molecule has 0 aliphatic carbocycles. The number of amides is 4. The van der Waals surface area contributed by atoms with Crippen molar-refractivity contribution in [2.45, 2.75) is 104 Å². The number of halogens is 1. The van der Waals surface area contributed by atoms with Crippen molar-refractivity contribution in [3.05, 3.63) is 71.5 Å². The van der Waals surface area contributed by atoms with Gasteiger partial charge in [0.2, 0.25) is 17.7 Å². The van der Waals surface area contributed by atoms with Gasteiger partial charge in [-0.2, -0.15) is 0 Å². The predicted molar refractivity (Wildman–Crippen MR) is 185 cm³/mol. The Bertz CT molecular complexity index is 1360. The highest BCUT2D eigenvalue weighted by Gasteiger charge is 2.31. The Kier molecular flexibility index (Phi) is 16.7. The number of ether oxygens (including phenoxy) is 2. The molecule has 4 amide bonds. The highest BCUT2D eigenvalue weighted by molar-refractivity contribution is 5.94. The first-order chi connectivity index (χ1) is 23.1. The summed E-state index contributed by atoms with van der Waals surface area (Å²) in [4.78, 5) is 65.1. The van der Waals surface area contributed by atoms with Crippen LogP contribution >= 0.6 is 0 Å². The number of hydrogen-bond acceptors (Lipinski definition) is 7. The van der Waals surface area contributed by atoms with Crippen LogP contribution in [0.1, 0.15) is 78.4 Å². The third kappa shape index (κ3) is 16.0.